The molecule has 0 spiro atoms. The summed E-state index contributed by atoms with van der Waals surface area (Å²) in [6, 6.07) is 0.360. The summed E-state index contributed by atoms with van der Waals surface area (Å²) in [6.45, 7) is 1.13. The smallest absolute Gasteiger partial charge is 0.276 e. The van der Waals surface area contributed by atoms with E-state index in [-0.39, 0.29) is 30.9 Å². The fourth-order valence-electron chi connectivity index (χ4n) is 5.04. The number of nitrogens with two attached hydrogens (primary N) is 2. The van der Waals surface area contributed by atoms with Gasteiger partial charge in [-0.2, -0.15) is 0 Å². The maximum atomic E-state index is 15.1. The molecular weight excluding hydrogens is 513 g/mol. The molecule has 1 fully saturated rings. The van der Waals surface area contributed by atoms with Crippen molar-refractivity contribution >= 4 is 49.6 Å². The number of pyridine rings is 1. The van der Waals surface area contributed by atoms with E-state index < -0.39 is 30.3 Å². The topological polar surface area (TPSA) is 119 Å². The average Bonchev–Trinajstić information content (AvgIpc) is 3.46. The monoisotopic (exact) mass is 540 g/mol. The number of nitrogen functional groups attached to an aromatic ring is 1. The van der Waals surface area contributed by atoms with Gasteiger partial charge >= 0.3 is 0 Å². The van der Waals surface area contributed by atoms with Crippen molar-refractivity contribution in [3.63, 3.8) is 0 Å². The van der Waals surface area contributed by atoms with Gasteiger partial charge in [0.15, 0.2) is 11.6 Å². The molecule has 0 bridgehead atoms. The summed E-state index contributed by atoms with van der Waals surface area (Å²) < 4.78 is 49.4. The van der Waals surface area contributed by atoms with Gasteiger partial charge in [-0.25, -0.2) is 23.1 Å². The van der Waals surface area contributed by atoms with Crippen LogP contribution in [0.1, 0.15) is 32.4 Å². The van der Waals surface area contributed by atoms with Crippen LogP contribution in [0.3, 0.4) is 0 Å². The molecule has 3 unspecified atom stereocenters. The molecule has 0 saturated carbocycles. The van der Waals surface area contributed by atoms with Gasteiger partial charge in [0.1, 0.15) is 16.3 Å². The summed E-state index contributed by atoms with van der Waals surface area (Å²) in [7, 11) is 1.21. The number of amides is 1. The fourth-order valence-corrected chi connectivity index (χ4v) is 7.13. The molecule has 194 valence electrons. The van der Waals surface area contributed by atoms with E-state index in [0.29, 0.717) is 41.1 Å². The van der Waals surface area contributed by atoms with Crippen LogP contribution in [0, 0.1) is 18.7 Å². The Hall–Kier alpha value is -2.48. The van der Waals surface area contributed by atoms with Crippen molar-refractivity contribution in [1.82, 2.24) is 15.3 Å². The molecule has 0 radical (unpaired) electrons. The highest BCUT2D eigenvalue weighted by Crippen LogP contribution is 2.38. The van der Waals surface area contributed by atoms with Gasteiger partial charge < -0.3 is 26.4 Å². The molecule has 5 rings (SSSR count). The third kappa shape index (κ3) is 4.53. The second-order valence-corrected chi connectivity index (χ2v) is 11.6. The van der Waals surface area contributed by atoms with Gasteiger partial charge in [-0.05, 0) is 37.8 Å². The number of hydrogen-bond donors (Lipinski definition) is 3. The second-order valence-electron chi connectivity index (χ2n) is 9.39. The molecular formula is C23H27F3N6O2S2. The van der Waals surface area contributed by atoms with Crippen LogP contribution in [0.4, 0.5) is 24.7 Å². The first kappa shape index (κ1) is 25.2. The summed E-state index contributed by atoms with van der Waals surface area (Å²) in [5.74, 6) is -5.10. The second kappa shape index (κ2) is 9.43. The first-order valence-corrected chi connectivity index (χ1v) is 13.2. The Morgan fingerprint density at radius 1 is 1.33 bits per heavy atom. The van der Waals surface area contributed by atoms with Crippen LogP contribution in [0.2, 0.25) is 0 Å². The quantitative estimate of drug-likeness (QED) is 0.440. The number of thiophene rings is 1. The van der Waals surface area contributed by atoms with Crippen LogP contribution in [-0.4, -0.2) is 60.7 Å². The lowest BCUT2D eigenvalue weighted by Gasteiger charge is -2.27. The number of carbonyl (C=O) groups is 1. The number of fused-ring (bicyclic) bond motifs is 2. The molecule has 1 aliphatic heterocycles. The Balaban J connectivity index is 1.28. The lowest BCUT2D eigenvalue weighted by Crippen LogP contribution is -2.43. The zero-order valence-electron chi connectivity index (χ0n) is 19.8. The Kier molecular flexibility index (Phi) is 6.60. The number of methoxy groups -OCH3 is 1. The third-order valence-electron chi connectivity index (χ3n) is 6.80. The Morgan fingerprint density at radius 2 is 2.11 bits per heavy atom. The minimum Gasteiger partial charge on any atom is -0.396 e. The van der Waals surface area contributed by atoms with Crippen LogP contribution < -0.4 is 21.7 Å². The van der Waals surface area contributed by atoms with Crippen molar-refractivity contribution in [3.05, 3.63) is 33.0 Å². The summed E-state index contributed by atoms with van der Waals surface area (Å²) in [4.78, 5) is 24.5. The number of nitrogens with zero attached hydrogens (tertiary/aromatic N) is 3. The Labute approximate surface area is 213 Å². The summed E-state index contributed by atoms with van der Waals surface area (Å²) in [5, 5.41) is 3.90. The van der Waals surface area contributed by atoms with Crippen LogP contribution in [-0.2, 0) is 17.6 Å². The first-order valence-electron chi connectivity index (χ1n) is 11.6. The van der Waals surface area contributed by atoms with Crippen molar-refractivity contribution < 1.29 is 22.7 Å². The maximum absolute atomic E-state index is 15.1. The molecule has 1 aliphatic carbocycles. The zero-order valence-corrected chi connectivity index (χ0v) is 21.4. The number of aromatic nitrogens is 2. The number of thiazole rings is 1. The van der Waals surface area contributed by atoms with Gasteiger partial charge in [0, 0.05) is 38.0 Å². The van der Waals surface area contributed by atoms with Crippen molar-refractivity contribution in [2.75, 3.05) is 37.4 Å². The highest BCUT2D eigenvalue weighted by atomic mass is 32.1. The number of ether oxygens (including phenoxy) is 1. The average molecular weight is 541 g/mol. The number of aryl methyl sites for hydroxylation is 2. The van der Waals surface area contributed by atoms with Crippen LogP contribution in [0.25, 0.3) is 9.53 Å². The van der Waals surface area contributed by atoms with E-state index in [1.807, 2.05) is 6.92 Å². The zero-order chi connectivity index (χ0) is 25.8. The molecule has 1 saturated heterocycles. The number of hydrogen-bond acceptors (Lipinski definition) is 9. The van der Waals surface area contributed by atoms with Gasteiger partial charge in [-0.15, -0.1) is 22.7 Å². The van der Waals surface area contributed by atoms with E-state index in [1.165, 1.54) is 40.7 Å². The van der Waals surface area contributed by atoms with Crippen molar-refractivity contribution in [2.24, 2.45) is 11.7 Å². The van der Waals surface area contributed by atoms with Crippen LogP contribution in [0.15, 0.2) is 6.07 Å². The van der Waals surface area contributed by atoms with E-state index in [0.717, 1.165) is 14.5 Å². The SMILES string of the molecule is COCC(F)(F)C1CN(c2nc3c(cc2F)CC(NC(=O)c2sc4nc(C)sc4c2N)CC3)CC1N. The van der Waals surface area contributed by atoms with Gasteiger partial charge in [-0.3, -0.25) is 4.79 Å². The van der Waals surface area contributed by atoms with Crippen molar-refractivity contribution in [1.29, 1.82) is 0 Å². The third-order valence-corrected chi connectivity index (χ3v) is 9.03. The van der Waals surface area contributed by atoms with Gasteiger partial charge in [0.25, 0.3) is 11.8 Å². The molecule has 5 N–H and O–H groups in total. The highest BCUT2D eigenvalue weighted by Gasteiger charge is 2.48. The molecule has 36 heavy (non-hydrogen) atoms. The molecule has 0 aromatic carbocycles. The predicted molar refractivity (Wildman–Crippen MR) is 135 cm³/mol. The maximum Gasteiger partial charge on any atom is 0.276 e. The van der Waals surface area contributed by atoms with E-state index >= 15 is 4.39 Å². The minimum atomic E-state index is -3.12. The first-order chi connectivity index (χ1) is 17.1. The Bertz CT molecular complexity index is 1310. The fraction of sp³-hybridized carbons (Fsp3) is 0.522. The van der Waals surface area contributed by atoms with E-state index in [4.69, 9.17) is 11.5 Å². The molecule has 3 aromatic rings. The number of anilines is 2. The minimum absolute atomic E-state index is 0.0385. The van der Waals surface area contributed by atoms with Crippen LogP contribution in [0.5, 0.6) is 0 Å². The van der Waals surface area contributed by atoms with E-state index in [2.05, 4.69) is 20.0 Å². The molecule has 2 aliphatic rings. The molecule has 13 heteroatoms. The number of halogens is 3. The van der Waals surface area contributed by atoms with Crippen molar-refractivity contribution in [2.45, 2.75) is 44.2 Å². The number of carbonyl (C=O) groups excluding carboxylic acids is 1. The normalized spacial score (nSPS) is 22.3. The molecule has 4 heterocycles. The number of rotatable bonds is 6. The van der Waals surface area contributed by atoms with Crippen molar-refractivity contribution in [3.8, 4) is 0 Å². The lowest BCUT2D eigenvalue weighted by molar-refractivity contribution is -0.105. The largest absolute Gasteiger partial charge is 0.396 e. The highest BCUT2D eigenvalue weighted by molar-refractivity contribution is 7.29. The number of alkyl halides is 2. The molecule has 1 amide bonds. The van der Waals surface area contributed by atoms with E-state index in [1.54, 1.807) is 0 Å². The summed E-state index contributed by atoms with van der Waals surface area (Å²) in [5.41, 5.74) is 14.0. The molecule has 8 nitrogen and oxygen atoms in total. The summed E-state index contributed by atoms with van der Waals surface area (Å²) in [6.07, 6.45) is 1.55. The Morgan fingerprint density at radius 3 is 2.83 bits per heavy atom. The molecule has 3 atom stereocenters. The predicted octanol–water partition coefficient (Wildman–Crippen LogP) is 3.12. The standard InChI is InChI=1S/C23H27F3N6O2S2/c1-10-29-22-19(35-10)17(28)18(36-22)21(33)30-12-3-4-16-11(5-12)6-14(24)20(31-16)32-7-13(15(27)8-32)23(25,26)9-34-2/h6,12-13,15H,3-5,7-9,27-28H2,1-2H3,(H,30,33). The number of nitrogens with one attached hydrogen (secondary N) is 1. The van der Waals surface area contributed by atoms with Gasteiger partial charge in [0.05, 0.1) is 21.3 Å². The summed E-state index contributed by atoms with van der Waals surface area (Å²) >= 11 is 2.72. The van der Waals surface area contributed by atoms with E-state index in [9.17, 15) is 13.6 Å². The lowest BCUT2D eigenvalue weighted by atomic mass is 9.91. The molecule has 3 aromatic heterocycles. The van der Waals surface area contributed by atoms with Gasteiger partial charge in [-0.1, -0.05) is 0 Å². The van der Waals surface area contributed by atoms with Gasteiger partial charge in [0.2, 0.25) is 0 Å². The van der Waals surface area contributed by atoms with Crippen LogP contribution >= 0.6 is 22.7 Å².